The molecule has 3 nitrogen and oxygen atoms in total. The highest BCUT2D eigenvalue weighted by atomic mass is 32.1. The van der Waals surface area contributed by atoms with Crippen molar-refractivity contribution in [1.82, 2.24) is 0 Å². The average Bonchev–Trinajstić information content (AvgIpc) is 2.80. The van der Waals surface area contributed by atoms with Crippen LogP contribution in [0.1, 0.15) is 31.9 Å². The van der Waals surface area contributed by atoms with Gasteiger partial charge in [0, 0.05) is 28.8 Å². The number of aliphatic hydroxyl groups excluding tert-OH is 1. The standard InChI is InChI=1S/C28H26N2OS/c1-28(2,3)22-16-14-21(15-17-22)26(31)25(30-18-7-4-8-19-30)27(32)29-24-13-9-11-20-10-5-6-12-23(20)24/h4-19H,1-3H3,(H-,29,31,32)/p+1. The van der Waals surface area contributed by atoms with E-state index >= 15 is 0 Å². The van der Waals surface area contributed by atoms with Crippen LogP contribution in [0, 0.1) is 0 Å². The fraction of sp³-hybridized carbons (Fsp3) is 0.143. The molecular formula is C28H27N2OS+. The first kappa shape index (κ1) is 21.7. The molecule has 0 aliphatic rings. The molecule has 0 radical (unpaired) electrons. The highest BCUT2D eigenvalue weighted by Crippen LogP contribution is 2.27. The zero-order valence-corrected chi connectivity index (χ0v) is 19.4. The predicted molar refractivity (Wildman–Crippen MR) is 138 cm³/mol. The monoisotopic (exact) mass is 439 g/mol. The number of rotatable bonds is 4. The van der Waals surface area contributed by atoms with E-state index in [4.69, 9.17) is 12.2 Å². The second-order valence-electron chi connectivity index (χ2n) is 8.79. The maximum atomic E-state index is 11.3. The normalized spacial score (nSPS) is 12.3. The molecule has 0 saturated heterocycles. The number of aliphatic hydroxyl groups is 1. The zero-order valence-electron chi connectivity index (χ0n) is 18.5. The van der Waals surface area contributed by atoms with Crippen molar-refractivity contribution in [2.24, 2.45) is 0 Å². The Morgan fingerprint density at radius 1 is 0.812 bits per heavy atom. The van der Waals surface area contributed by atoms with E-state index < -0.39 is 0 Å². The van der Waals surface area contributed by atoms with Gasteiger partial charge in [-0.2, -0.15) is 4.57 Å². The summed E-state index contributed by atoms with van der Waals surface area (Å²) in [7, 11) is 0. The minimum atomic E-state index is 0.0418. The van der Waals surface area contributed by atoms with Gasteiger partial charge in [-0.25, -0.2) is 0 Å². The van der Waals surface area contributed by atoms with Crippen LogP contribution in [0.5, 0.6) is 0 Å². The van der Waals surface area contributed by atoms with Gasteiger partial charge < -0.3 is 10.4 Å². The quantitative estimate of drug-likeness (QED) is 0.160. The van der Waals surface area contributed by atoms with Crippen LogP contribution in [0.4, 0.5) is 5.69 Å². The first-order valence-electron chi connectivity index (χ1n) is 10.6. The number of anilines is 1. The van der Waals surface area contributed by atoms with Crippen LogP contribution >= 0.6 is 12.2 Å². The van der Waals surface area contributed by atoms with Gasteiger partial charge in [0.15, 0.2) is 23.1 Å². The van der Waals surface area contributed by atoms with Crippen LogP contribution in [0.15, 0.2) is 97.3 Å². The fourth-order valence-electron chi connectivity index (χ4n) is 3.68. The second kappa shape index (κ2) is 8.93. The smallest absolute Gasteiger partial charge is 0.288 e. The van der Waals surface area contributed by atoms with Crippen molar-refractivity contribution in [3.63, 3.8) is 0 Å². The van der Waals surface area contributed by atoms with Crippen molar-refractivity contribution in [2.75, 3.05) is 5.32 Å². The van der Waals surface area contributed by atoms with Crippen LogP contribution in [0.3, 0.4) is 0 Å². The van der Waals surface area contributed by atoms with Crippen molar-refractivity contribution < 1.29 is 9.67 Å². The van der Waals surface area contributed by atoms with E-state index in [9.17, 15) is 5.11 Å². The molecule has 1 heterocycles. The molecule has 0 unspecified atom stereocenters. The maximum Gasteiger partial charge on any atom is 0.288 e. The molecule has 0 aliphatic heterocycles. The third-order valence-electron chi connectivity index (χ3n) is 5.48. The van der Waals surface area contributed by atoms with Gasteiger partial charge in [-0.05, 0) is 22.4 Å². The van der Waals surface area contributed by atoms with E-state index in [2.05, 4.69) is 56.4 Å². The number of nitrogens with zero attached hydrogens (tertiary/aromatic N) is 1. The van der Waals surface area contributed by atoms with Gasteiger partial charge in [0.2, 0.25) is 0 Å². The molecule has 160 valence electrons. The third-order valence-corrected chi connectivity index (χ3v) is 5.77. The Balaban J connectivity index is 1.78. The lowest BCUT2D eigenvalue weighted by Gasteiger charge is -2.19. The number of hydrogen-bond acceptors (Lipinski definition) is 2. The zero-order chi connectivity index (χ0) is 22.7. The van der Waals surface area contributed by atoms with Crippen molar-refractivity contribution in [2.45, 2.75) is 26.2 Å². The van der Waals surface area contributed by atoms with E-state index in [-0.39, 0.29) is 11.2 Å². The first-order chi connectivity index (χ1) is 15.3. The van der Waals surface area contributed by atoms with E-state index in [0.29, 0.717) is 16.2 Å². The molecule has 3 aromatic carbocycles. The Hall–Kier alpha value is -3.50. The van der Waals surface area contributed by atoms with Crippen LogP contribution in [-0.2, 0) is 5.41 Å². The largest absolute Gasteiger partial charge is 0.502 e. The molecule has 4 heteroatoms. The van der Waals surface area contributed by atoms with Gasteiger partial charge in [-0.1, -0.05) is 99.7 Å². The molecule has 0 saturated carbocycles. The molecule has 0 aliphatic carbocycles. The first-order valence-corrected chi connectivity index (χ1v) is 11.1. The highest BCUT2D eigenvalue weighted by molar-refractivity contribution is 7.81. The molecular weight excluding hydrogens is 412 g/mol. The highest BCUT2D eigenvalue weighted by Gasteiger charge is 2.24. The number of hydrogen-bond donors (Lipinski definition) is 2. The Bertz CT molecular complexity index is 1280. The van der Waals surface area contributed by atoms with Gasteiger partial charge >= 0.3 is 0 Å². The number of pyridine rings is 1. The summed E-state index contributed by atoms with van der Waals surface area (Å²) in [5, 5.41) is 16.9. The Morgan fingerprint density at radius 2 is 1.47 bits per heavy atom. The van der Waals surface area contributed by atoms with E-state index in [1.54, 1.807) is 0 Å². The van der Waals surface area contributed by atoms with Gasteiger partial charge in [-0.3, -0.25) is 0 Å². The maximum absolute atomic E-state index is 11.3. The summed E-state index contributed by atoms with van der Waals surface area (Å²) in [6, 6.07) is 28.0. The molecule has 4 rings (SSSR count). The number of fused-ring (bicyclic) bond motifs is 1. The summed E-state index contributed by atoms with van der Waals surface area (Å²) < 4.78 is 1.84. The summed E-state index contributed by atoms with van der Waals surface area (Å²) in [5.74, 6) is 0.124. The van der Waals surface area contributed by atoms with Crippen LogP contribution in [-0.4, -0.2) is 10.1 Å². The molecule has 0 atom stereocenters. The Kier molecular flexibility index (Phi) is 6.06. The molecule has 32 heavy (non-hydrogen) atoms. The van der Waals surface area contributed by atoms with Gasteiger partial charge in [0.05, 0.1) is 0 Å². The van der Waals surface area contributed by atoms with Crippen molar-refractivity contribution in [3.05, 3.63) is 108 Å². The van der Waals surface area contributed by atoms with Crippen LogP contribution in [0.2, 0.25) is 0 Å². The summed E-state index contributed by atoms with van der Waals surface area (Å²) in [4.78, 5) is 0.440. The number of nitrogens with one attached hydrogen (secondary N) is 1. The fourth-order valence-corrected chi connectivity index (χ4v) is 3.99. The minimum absolute atomic E-state index is 0.0418. The molecule has 0 amide bonds. The molecule has 1 aromatic heterocycles. The molecule has 0 bridgehead atoms. The Labute approximate surface area is 194 Å². The van der Waals surface area contributed by atoms with Crippen molar-refractivity contribution in [3.8, 4) is 0 Å². The number of thiocarbonyl (C=S) groups is 1. The average molecular weight is 440 g/mol. The van der Waals surface area contributed by atoms with E-state index in [1.165, 1.54) is 5.56 Å². The lowest BCUT2D eigenvalue weighted by Crippen LogP contribution is -2.38. The molecule has 4 aromatic rings. The second-order valence-corrected chi connectivity index (χ2v) is 9.20. The number of benzene rings is 3. The molecule has 0 spiro atoms. The van der Waals surface area contributed by atoms with Gasteiger partial charge in [-0.15, -0.1) is 0 Å². The number of aromatic nitrogens is 1. The summed E-state index contributed by atoms with van der Waals surface area (Å²) >= 11 is 5.81. The van der Waals surface area contributed by atoms with E-state index in [0.717, 1.165) is 16.5 Å². The topological polar surface area (TPSA) is 36.1 Å². The van der Waals surface area contributed by atoms with Gasteiger partial charge in [0.25, 0.3) is 5.70 Å². The molecule has 0 fully saturated rings. The Morgan fingerprint density at radius 3 is 2.16 bits per heavy atom. The minimum Gasteiger partial charge on any atom is -0.502 e. The SMILES string of the molecule is CC(C)(C)c1ccc(/C(O)=C(/C(=S)Nc2cccc3ccccc23)[n+]2ccccc2)cc1. The summed E-state index contributed by atoms with van der Waals surface area (Å²) in [6.45, 7) is 6.52. The summed E-state index contributed by atoms with van der Waals surface area (Å²) in [6.07, 6.45) is 3.76. The van der Waals surface area contributed by atoms with Crippen molar-refractivity contribution in [1.29, 1.82) is 0 Å². The van der Waals surface area contributed by atoms with Crippen molar-refractivity contribution >= 4 is 45.1 Å². The molecule has 2 N–H and O–H groups in total. The van der Waals surface area contributed by atoms with E-state index in [1.807, 2.05) is 71.6 Å². The van der Waals surface area contributed by atoms with Crippen LogP contribution < -0.4 is 9.88 Å². The lowest BCUT2D eigenvalue weighted by molar-refractivity contribution is -0.575. The summed E-state index contributed by atoms with van der Waals surface area (Å²) in [5.41, 5.74) is 3.39. The third kappa shape index (κ3) is 4.56. The lowest BCUT2D eigenvalue weighted by atomic mass is 9.86. The predicted octanol–water partition coefficient (Wildman–Crippen LogP) is 6.75. The van der Waals surface area contributed by atoms with Crippen LogP contribution in [0.25, 0.3) is 22.2 Å². The van der Waals surface area contributed by atoms with Gasteiger partial charge in [0.1, 0.15) is 0 Å².